The van der Waals surface area contributed by atoms with Gasteiger partial charge in [0.05, 0.1) is 41.5 Å². The van der Waals surface area contributed by atoms with Crippen LogP contribution in [0.3, 0.4) is 0 Å². The minimum Gasteiger partial charge on any atom is -0.475 e. The number of aliphatic carboxylic acids is 1. The third kappa shape index (κ3) is 6.82. The number of pyridine rings is 1. The van der Waals surface area contributed by atoms with Crippen molar-refractivity contribution >= 4 is 21.8 Å². The van der Waals surface area contributed by atoms with Gasteiger partial charge >= 0.3 is 12.1 Å². The second-order valence-electron chi connectivity index (χ2n) is 8.10. The van der Waals surface area contributed by atoms with Crippen molar-refractivity contribution in [2.24, 2.45) is 0 Å². The highest BCUT2D eigenvalue weighted by atomic mass is 32.2. The number of hydrogen-bond acceptors (Lipinski definition) is 9. The van der Waals surface area contributed by atoms with Crippen LogP contribution in [-0.4, -0.2) is 66.3 Å². The van der Waals surface area contributed by atoms with Gasteiger partial charge < -0.3 is 25.2 Å². The lowest BCUT2D eigenvalue weighted by molar-refractivity contribution is -0.192. The molecule has 1 saturated heterocycles. The molecule has 5 N–H and O–H groups in total. The van der Waals surface area contributed by atoms with Gasteiger partial charge in [-0.2, -0.15) is 13.2 Å². The first-order valence-corrected chi connectivity index (χ1v) is 12.1. The molecule has 0 radical (unpaired) electrons. The summed E-state index contributed by atoms with van der Waals surface area (Å²) < 4.78 is 70.3. The SMILES string of the molecule is Cc1cc(-c2cc(-c3cc(S(=O)(=O)N[C@H]4COC[C@@H]4O)ccc3C)cnc2N)on1.O=C(O)C(F)(F)F. The monoisotopic (exact) mass is 544 g/mol. The lowest BCUT2D eigenvalue weighted by Gasteiger charge is -2.16. The minimum absolute atomic E-state index is 0.0797. The van der Waals surface area contributed by atoms with Crippen LogP contribution in [0, 0.1) is 13.8 Å². The van der Waals surface area contributed by atoms with Crippen molar-refractivity contribution in [3.63, 3.8) is 0 Å². The molecule has 0 unspecified atom stereocenters. The van der Waals surface area contributed by atoms with E-state index in [1.54, 1.807) is 37.4 Å². The number of sulfonamides is 1. The molecular formula is C22H23F3N4O7S. The highest BCUT2D eigenvalue weighted by molar-refractivity contribution is 7.89. The summed E-state index contributed by atoms with van der Waals surface area (Å²) >= 11 is 0. The average Bonchev–Trinajstić information content (AvgIpc) is 3.42. The van der Waals surface area contributed by atoms with E-state index in [0.29, 0.717) is 28.1 Å². The van der Waals surface area contributed by atoms with Crippen LogP contribution in [0.2, 0.25) is 0 Å². The summed E-state index contributed by atoms with van der Waals surface area (Å²) in [7, 11) is -3.85. The molecule has 0 amide bonds. The number of ether oxygens (including phenoxy) is 1. The highest BCUT2D eigenvalue weighted by Crippen LogP contribution is 2.32. The van der Waals surface area contributed by atoms with E-state index in [9.17, 15) is 26.7 Å². The fourth-order valence-electron chi connectivity index (χ4n) is 3.31. The number of nitrogens with zero attached hydrogens (tertiary/aromatic N) is 2. The molecule has 2 atom stereocenters. The van der Waals surface area contributed by atoms with Crippen molar-refractivity contribution in [2.45, 2.75) is 37.1 Å². The first kappa shape index (κ1) is 28.0. The summed E-state index contributed by atoms with van der Waals surface area (Å²) in [6.07, 6.45) is -4.37. The van der Waals surface area contributed by atoms with Crippen molar-refractivity contribution in [2.75, 3.05) is 18.9 Å². The van der Waals surface area contributed by atoms with Crippen molar-refractivity contribution in [1.29, 1.82) is 0 Å². The molecule has 3 heterocycles. The lowest BCUT2D eigenvalue weighted by Crippen LogP contribution is -2.42. The fourth-order valence-corrected chi connectivity index (χ4v) is 4.59. The van der Waals surface area contributed by atoms with Gasteiger partial charge in [-0.25, -0.2) is 22.9 Å². The number of carbonyl (C=O) groups is 1. The molecular weight excluding hydrogens is 521 g/mol. The predicted molar refractivity (Wildman–Crippen MR) is 124 cm³/mol. The summed E-state index contributed by atoms with van der Waals surface area (Å²) in [5, 5.41) is 20.9. The van der Waals surface area contributed by atoms with E-state index in [2.05, 4.69) is 14.9 Å². The van der Waals surface area contributed by atoms with Gasteiger partial charge in [0, 0.05) is 17.8 Å². The molecule has 1 aliphatic heterocycles. The Morgan fingerprint density at radius 3 is 2.38 bits per heavy atom. The van der Waals surface area contributed by atoms with Crippen molar-refractivity contribution in [3.8, 4) is 22.5 Å². The summed E-state index contributed by atoms with van der Waals surface area (Å²) in [5.41, 5.74) is 9.53. The molecule has 11 nitrogen and oxygen atoms in total. The van der Waals surface area contributed by atoms with Crippen LogP contribution in [0.5, 0.6) is 0 Å². The molecule has 37 heavy (non-hydrogen) atoms. The van der Waals surface area contributed by atoms with Gasteiger partial charge in [0.25, 0.3) is 0 Å². The molecule has 1 aliphatic rings. The number of nitrogens with two attached hydrogens (primary N) is 1. The van der Waals surface area contributed by atoms with E-state index in [4.69, 9.17) is 24.9 Å². The van der Waals surface area contributed by atoms with Gasteiger partial charge in [-0.1, -0.05) is 11.2 Å². The van der Waals surface area contributed by atoms with Crippen LogP contribution < -0.4 is 10.5 Å². The molecule has 200 valence electrons. The maximum Gasteiger partial charge on any atom is 0.490 e. The maximum absolute atomic E-state index is 12.8. The van der Waals surface area contributed by atoms with E-state index in [-0.39, 0.29) is 23.9 Å². The number of hydrogen-bond donors (Lipinski definition) is 4. The molecule has 0 spiro atoms. The maximum atomic E-state index is 12.8. The van der Waals surface area contributed by atoms with Crippen molar-refractivity contribution in [1.82, 2.24) is 14.9 Å². The fraction of sp³-hybridized carbons (Fsp3) is 0.318. The number of anilines is 1. The summed E-state index contributed by atoms with van der Waals surface area (Å²) in [5.74, 6) is -1.99. The number of aryl methyl sites for hydroxylation is 2. The van der Waals surface area contributed by atoms with Gasteiger partial charge in [0.1, 0.15) is 5.82 Å². The Hall–Kier alpha value is -3.53. The average molecular weight is 545 g/mol. The molecule has 1 fully saturated rings. The molecule has 2 aromatic heterocycles. The van der Waals surface area contributed by atoms with E-state index < -0.39 is 34.3 Å². The first-order valence-electron chi connectivity index (χ1n) is 10.6. The third-order valence-electron chi connectivity index (χ3n) is 5.24. The second-order valence-corrected chi connectivity index (χ2v) is 9.82. The molecule has 1 aromatic carbocycles. The number of nitrogens with one attached hydrogen (secondary N) is 1. The van der Waals surface area contributed by atoms with E-state index in [0.717, 1.165) is 5.56 Å². The lowest BCUT2D eigenvalue weighted by atomic mass is 10.00. The van der Waals surface area contributed by atoms with E-state index >= 15 is 0 Å². The Kier molecular flexibility index (Phi) is 8.22. The summed E-state index contributed by atoms with van der Waals surface area (Å²) in [4.78, 5) is 13.2. The minimum atomic E-state index is -5.08. The van der Waals surface area contributed by atoms with Crippen molar-refractivity contribution < 1.29 is 45.9 Å². The van der Waals surface area contributed by atoms with Gasteiger partial charge in [0.15, 0.2) is 5.76 Å². The van der Waals surface area contributed by atoms with E-state index in [1.807, 2.05) is 6.92 Å². The topological polar surface area (TPSA) is 178 Å². The number of aliphatic hydroxyl groups excluding tert-OH is 1. The molecule has 15 heteroatoms. The first-order chi connectivity index (χ1) is 17.2. The van der Waals surface area contributed by atoms with Gasteiger partial charge in [-0.15, -0.1) is 0 Å². The standard InChI is InChI=1S/C20H22N4O5S.C2HF3O2/c1-11-3-4-14(30(26,27)24-17-9-28-10-18(17)25)7-15(11)13-6-16(20(21)22-8-13)19-5-12(2)23-29-19;3-2(4,5)1(6)7/h3-8,17-18,24-25H,9-10H2,1-2H3,(H2,21,22);(H,6,7)/t17-,18-;/m0./s1. The number of aromatic nitrogens is 2. The Labute approximate surface area is 209 Å². The number of aliphatic hydroxyl groups is 1. The number of benzene rings is 1. The zero-order valence-electron chi connectivity index (χ0n) is 19.5. The largest absolute Gasteiger partial charge is 0.490 e. The predicted octanol–water partition coefficient (Wildman–Crippen LogP) is 2.27. The number of halogens is 3. The van der Waals surface area contributed by atoms with E-state index in [1.165, 1.54) is 6.07 Å². The van der Waals surface area contributed by atoms with Gasteiger partial charge in [-0.05, 0) is 43.2 Å². The normalized spacial score (nSPS) is 17.8. The zero-order chi connectivity index (χ0) is 27.5. The zero-order valence-corrected chi connectivity index (χ0v) is 20.3. The highest BCUT2D eigenvalue weighted by Gasteiger charge is 2.38. The molecule has 4 rings (SSSR count). The summed E-state index contributed by atoms with van der Waals surface area (Å²) in [6, 6.07) is 7.68. The smallest absolute Gasteiger partial charge is 0.475 e. The van der Waals surface area contributed by atoms with Crippen LogP contribution in [0.25, 0.3) is 22.5 Å². The Balaban J connectivity index is 0.000000479. The van der Waals surface area contributed by atoms with Crippen LogP contribution >= 0.6 is 0 Å². The number of carboxylic acid groups (broad SMARTS) is 1. The Morgan fingerprint density at radius 1 is 1.16 bits per heavy atom. The van der Waals surface area contributed by atoms with Crippen LogP contribution in [0.4, 0.5) is 19.0 Å². The third-order valence-corrected chi connectivity index (χ3v) is 6.73. The summed E-state index contributed by atoms with van der Waals surface area (Å²) in [6.45, 7) is 3.91. The second kappa shape index (κ2) is 10.8. The van der Waals surface area contributed by atoms with Gasteiger partial charge in [0.2, 0.25) is 10.0 Å². The number of alkyl halides is 3. The molecule has 0 aliphatic carbocycles. The molecule has 3 aromatic rings. The quantitative estimate of drug-likeness (QED) is 0.372. The van der Waals surface area contributed by atoms with Gasteiger partial charge in [-0.3, -0.25) is 0 Å². The molecule has 0 saturated carbocycles. The Bertz CT molecular complexity index is 1390. The number of nitrogen functional groups attached to an aromatic ring is 1. The van der Waals surface area contributed by atoms with Crippen molar-refractivity contribution in [3.05, 3.63) is 47.8 Å². The van der Waals surface area contributed by atoms with Crippen LogP contribution in [0.1, 0.15) is 11.3 Å². The Morgan fingerprint density at radius 2 is 1.84 bits per heavy atom. The van der Waals surface area contributed by atoms with Crippen LogP contribution in [0.15, 0.2) is 45.9 Å². The number of rotatable bonds is 5. The van der Waals surface area contributed by atoms with Crippen LogP contribution in [-0.2, 0) is 19.6 Å². The molecule has 0 bridgehead atoms. The number of carboxylic acids is 1.